The minimum absolute atomic E-state index is 0. The fraction of sp³-hybridized carbons (Fsp3) is 0.375. The lowest BCUT2D eigenvalue weighted by atomic mass is 10.4. The molecule has 0 aliphatic heterocycles. The van der Waals surface area contributed by atoms with Gasteiger partial charge in [0.25, 0.3) is 5.15 Å². The van der Waals surface area contributed by atoms with Gasteiger partial charge in [0.1, 0.15) is 0 Å². The van der Waals surface area contributed by atoms with Crippen molar-refractivity contribution < 1.29 is 27.2 Å². The Hall–Kier alpha value is -0.730. The van der Waals surface area contributed by atoms with Crippen molar-refractivity contribution in [2.45, 2.75) is 13.0 Å². The highest BCUT2D eigenvalue weighted by molar-refractivity contribution is 7.80. The standard InChI is InChI=1S/C8H10ClNO4S.H2O/c9-8-4-1-2-5-10(8)6-3-7-14-15(11,12)13;/h1-2,4-5H,3,6-7H2;1H2. The van der Waals surface area contributed by atoms with E-state index < -0.39 is 10.4 Å². The monoisotopic (exact) mass is 269 g/mol. The average Bonchev–Trinajstić information content (AvgIpc) is 2.13. The van der Waals surface area contributed by atoms with Crippen molar-refractivity contribution in [2.24, 2.45) is 0 Å². The van der Waals surface area contributed by atoms with Crippen LogP contribution in [0.5, 0.6) is 0 Å². The summed E-state index contributed by atoms with van der Waals surface area (Å²) in [5.74, 6) is 0. The maximum Gasteiger partial charge on any atom is 0.397 e. The van der Waals surface area contributed by atoms with E-state index in [0.29, 0.717) is 18.1 Å². The molecule has 0 fully saturated rings. The molecule has 0 aromatic carbocycles. The first-order chi connectivity index (χ1) is 6.99. The molecule has 0 aliphatic rings. The Labute approximate surface area is 98.7 Å². The minimum Gasteiger partial charge on any atom is -0.870 e. The highest BCUT2D eigenvalue weighted by atomic mass is 35.5. The van der Waals surface area contributed by atoms with Crippen molar-refractivity contribution in [2.75, 3.05) is 6.61 Å². The largest absolute Gasteiger partial charge is 0.870 e. The van der Waals surface area contributed by atoms with E-state index in [9.17, 15) is 8.42 Å². The van der Waals surface area contributed by atoms with E-state index >= 15 is 0 Å². The van der Waals surface area contributed by atoms with Crippen LogP contribution in [-0.4, -0.2) is 25.1 Å². The quantitative estimate of drug-likeness (QED) is 0.366. The summed E-state index contributed by atoms with van der Waals surface area (Å²) in [7, 11) is -4.33. The second kappa shape index (κ2) is 6.77. The summed E-state index contributed by atoms with van der Waals surface area (Å²) in [4.78, 5) is 0. The maximum absolute atomic E-state index is 10.2. The molecule has 0 unspecified atom stereocenters. The molecule has 1 aromatic rings. The molecule has 1 aromatic heterocycles. The number of pyridine rings is 1. The van der Waals surface area contributed by atoms with Crippen molar-refractivity contribution in [1.82, 2.24) is 0 Å². The van der Waals surface area contributed by atoms with Gasteiger partial charge in [-0.2, -0.15) is 13.0 Å². The number of rotatable bonds is 5. The molecule has 0 aliphatic carbocycles. The summed E-state index contributed by atoms with van der Waals surface area (Å²) in [6.07, 6.45) is 2.21. The van der Waals surface area contributed by atoms with Crippen molar-refractivity contribution in [3.8, 4) is 0 Å². The van der Waals surface area contributed by atoms with Gasteiger partial charge >= 0.3 is 10.4 Å². The van der Waals surface area contributed by atoms with E-state index in [1.807, 2.05) is 6.07 Å². The first-order valence-corrected chi connectivity index (χ1v) is 5.99. The van der Waals surface area contributed by atoms with Gasteiger partial charge in [-0.25, -0.2) is 4.18 Å². The number of aromatic nitrogens is 1. The molecule has 2 N–H and O–H groups in total. The molecular formula is C8H12ClNO5S. The first-order valence-electron chi connectivity index (χ1n) is 4.25. The van der Waals surface area contributed by atoms with E-state index in [2.05, 4.69) is 4.18 Å². The van der Waals surface area contributed by atoms with Crippen molar-refractivity contribution in [3.63, 3.8) is 0 Å². The lowest BCUT2D eigenvalue weighted by Crippen LogP contribution is -2.35. The Balaban J connectivity index is 0.00000225. The van der Waals surface area contributed by atoms with Gasteiger partial charge < -0.3 is 5.48 Å². The predicted octanol–water partition coefficient (Wildman–Crippen LogP) is 0.660. The molecule has 1 rings (SSSR count). The lowest BCUT2D eigenvalue weighted by Gasteiger charge is -1.99. The fourth-order valence-corrected chi connectivity index (χ4v) is 1.58. The van der Waals surface area contributed by atoms with Crippen LogP contribution in [0.15, 0.2) is 24.4 Å². The van der Waals surface area contributed by atoms with Crippen molar-refractivity contribution >= 4 is 22.0 Å². The number of hydrogen-bond acceptors (Lipinski definition) is 4. The van der Waals surface area contributed by atoms with Gasteiger partial charge in [-0.3, -0.25) is 4.55 Å². The minimum atomic E-state index is -4.33. The van der Waals surface area contributed by atoms with Crippen LogP contribution in [-0.2, 0) is 21.1 Å². The molecular weight excluding hydrogens is 258 g/mol. The number of hydrogen-bond donors (Lipinski definition) is 1. The summed E-state index contributed by atoms with van der Waals surface area (Å²) in [5.41, 5.74) is 0. The Kier molecular flexibility index (Phi) is 6.46. The second-order valence-electron chi connectivity index (χ2n) is 2.82. The third-order valence-corrected chi connectivity index (χ3v) is 2.47. The molecule has 0 atom stereocenters. The van der Waals surface area contributed by atoms with Gasteiger partial charge in [0, 0.05) is 18.6 Å². The van der Waals surface area contributed by atoms with Gasteiger partial charge in [-0.15, -0.1) is 0 Å². The highest BCUT2D eigenvalue weighted by Crippen LogP contribution is 1.99. The molecule has 0 amide bonds. The topological polar surface area (TPSA) is 97.5 Å². The molecule has 92 valence electrons. The Morgan fingerprint density at radius 3 is 2.69 bits per heavy atom. The summed E-state index contributed by atoms with van der Waals surface area (Å²) in [5, 5.41) is 0.560. The highest BCUT2D eigenvalue weighted by Gasteiger charge is 2.08. The number of aryl methyl sites for hydroxylation is 1. The van der Waals surface area contributed by atoms with E-state index in [0.717, 1.165) is 0 Å². The zero-order valence-corrected chi connectivity index (χ0v) is 9.86. The Morgan fingerprint density at radius 1 is 1.44 bits per heavy atom. The molecule has 16 heavy (non-hydrogen) atoms. The lowest BCUT2D eigenvalue weighted by molar-refractivity contribution is -0.695. The SMILES string of the molecule is O=S(=O)(O)OCCC[n+]1ccccc1Cl.[OH-]. The van der Waals surface area contributed by atoms with Crippen LogP contribution in [0.2, 0.25) is 5.15 Å². The van der Waals surface area contributed by atoms with E-state index in [1.165, 1.54) is 0 Å². The summed E-state index contributed by atoms with van der Waals surface area (Å²) in [6.45, 7) is 0.451. The second-order valence-corrected chi connectivity index (χ2v) is 4.30. The molecule has 1 heterocycles. The molecule has 0 spiro atoms. The van der Waals surface area contributed by atoms with Crippen LogP contribution < -0.4 is 4.57 Å². The third kappa shape index (κ3) is 5.99. The van der Waals surface area contributed by atoms with Gasteiger partial charge in [0.15, 0.2) is 12.7 Å². The average molecular weight is 270 g/mol. The Morgan fingerprint density at radius 2 is 2.12 bits per heavy atom. The predicted molar refractivity (Wildman–Crippen MR) is 55.7 cm³/mol. The van der Waals surface area contributed by atoms with Crippen molar-refractivity contribution in [3.05, 3.63) is 29.5 Å². The van der Waals surface area contributed by atoms with Crippen molar-refractivity contribution in [1.29, 1.82) is 0 Å². The number of halogens is 1. The molecule has 0 bridgehead atoms. The van der Waals surface area contributed by atoms with Gasteiger partial charge in [0.05, 0.1) is 6.61 Å². The van der Waals surface area contributed by atoms with Crippen LogP contribution in [0.3, 0.4) is 0 Å². The molecule has 0 radical (unpaired) electrons. The summed E-state index contributed by atoms with van der Waals surface area (Å²) in [6, 6.07) is 5.34. The smallest absolute Gasteiger partial charge is 0.397 e. The van der Waals surface area contributed by atoms with Gasteiger partial charge in [-0.05, 0) is 17.7 Å². The summed E-state index contributed by atoms with van der Waals surface area (Å²) >= 11 is 5.85. The molecule has 6 nitrogen and oxygen atoms in total. The van der Waals surface area contributed by atoms with Crippen LogP contribution in [0.1, 0.15) is 6.42 Å². The van der Waals surface area contributed by atoms with Gasteiger partial charge in [0.2, 0.25) is 0 Å². The maximum atomic E-state index is 10.2. The van der Waals surface area contributed by atoms with E-state index in [-0.39, 0.29) is 12.1 Å². The number of nitrogens with zero attached hydrogens (tertiary/aromatic N) is 1. The molecule has 0 saturated heterocycles. The normalized spacial score (nSPS) is 10.9. The van der Waals surface area contributed by atoms with Crippen LogP contribution >= 0.6 is 11.6 Å². The van der Waals surface area contributed by atoms with Crippen LogP contribution in [0.25, 0.3) is 0 Å². The molecule has 0 saturated carbocycles. The fourth-order valence-electron chi connectivity index (χ4n) is 1.04. The first kappa shape index (κ1) is 15.3. The van der Waals surface area contributed by atoms with Crippen LogP contribution in [0, 0.1) is 0 Å². The Bertz CT molecular complexity index is 422. The zero-order valence-electron chi connectivity index (χ0n) is 8.28. The molecule has 8 heteroatoms. The third-order valence-electron chi connectivity index (χ3n) is 1.66. The van der Waals surface area contributed by atoms with E-state index in [1.54, 1.807) is 22.9 Å². The van der Waals surface area contributed by atoms with E-state index in [4.69, 9.17) is 16.2 Å². The van der Waals surface area contributed by atoms with Gasteiger partial charge in [-0.1, -0.05) is 0 Å². The zero-order chi connectivity index (χ0) is 11.3. The summed E-state index contributed by atoms with van der Waals surface area (Å²) < 4.78 is 34.6. The van der Waals surface area contributed by atoms with Crippen LogP contribution in [0.4, 0.5) is 0 Å².